The van der Waals surface area contributed by atoms with Crippen molar-refractivity contribution in [2.24, 2.45) is 5.92 Å². The van der Waals surface area contributed by atoms with E-state index >= 15 is 0 Å². The van der Waals surface area contributed by atoms with Crippen LogP contribution < -0.4 is 10.1 Å². The third kappa shape index (κ3) is 6.57. The van der Waals surface area contributed by atoms with E-state index in [2.05, 4.69) is 5.32 Å². The molecule has 0 spiro atoms. The summed E-state index contributed by atoms with van der Waals surface area (Å²) >= 11 is 0. The molecule has 1 heterocycles. The molecule has 1 aliphatic rings. The summed E-state index contributed by atoms with van der Waals surface area (Å²) in [5.74, 6) is 0.997. The van der Waals surface area contributed by atoms with Gasteiger partial charge in [-0.1, -0.05) is 42.5 Å². The van der Waals surface area contributed by atoms with Gasteiger partial charge in [-0.15, -0.1) is 0 Å². The summed E-state index contributed by atoms with van der Waals surface area (Å²) in [5.41, 5.74) is 1.79. The number of methoxy groups -OCH3 is 1. The second-order valence-corrected chi connectivity index (χ2v) is 9.74. The second kappa shape index (κ2) is 10.6. The molecular formula is C23H30N2O4S. The Kier molecular flexibility index (Phi) is 7.87. The number of carbonyl (C=O) groups excluding carboxylic acids is 1. The first-order chi connectivity index (χ1) is 14.5. The van der Waals surface area contributed by atoms with Crippen LogP contribution in [0, 0.1) is 5.92 Å². The molecule has 1 saturated heterocycles. The summed E-state index contributed by atoms with van der Waals surface area (Å²) in [6.07, 6.45) is 2.90. The number of hydrogen-bond donors (Lipinski definition) is 1. The van der Waals surface area contributed by atoms with Gasteiger partial charge in [-0.25, -0.2) is 12.7 Å². The van der Waals surface area contributed by atoms with E-state index in [1.165, 1.54) is 0 Å². The maximum Gasteiger partial charge on any atom is 0.220 e. The molecule has 2 aromatic carbocycles. The molecule has 7 heteroatoms. The van der Waals surface area contributed by atoms with Crippen molar-refractivity contribution in [3.63, 3.8) is 0 Å². The molecule has 1 amide bonds. The number of hydrogen-bond acceptors (Lipinski definition) is 4. The average molecular weight is 431 g/mol. The van der Waals surface area contributed by atoms with Crippen LogP contribution in [0.3, 0.4) is 0 Å². The van der Waals surface area contributed by atoms with Gasteiger partial charge in [-0.05, 0) is 48.4 Å². The number of nitrogens with zero attached hydrogens (tertiary/aromatic N) is 1. The van der Waals surface area contributed by atoms with E-state index in [-0.39, 0.29) is 17.6 Å². The monoisotopic (exact) mass is 430 g/mol. The Morgan fingerprint density at radius 3 is 2.67 bits per heavy atom. The molecule has 1 atom stereocenters. The molecule has 0 bridgehead atoms. The molecule has 1 unspecified atom stereocenters. The fourth-order valence-electron chi connectivity index (χ4n) is 3.80. The van der Waals surface area contributed by atoms with Gasteiger partial charge in [0, 0.05) is 26.1 Å². The molecule has 0 radical (unpaired) electrons. The van der Waals surface area contributed by atoms with Crippen molar-refractivity contribution in [3.8, 4) is 5.75 Å². The fraction of sp³-hybridized carbons (Fsp3) is 0.435. The van der Waals surface area contributed by atoms with Crippen molar-refractivity contribution in [2.75, 3.05) is 20.2 Å². The fourth-order valence-corrected chi connectivity index (χ4v) is 5.44. The Morgan fingerprint density at radius 2 is 1.90 bits per heavy atom. The van der Waals surface area contributed by atoms with Crippen LogP contribution in [0.5, 0.6) is 5.75 Å². The van der Waals surface area contributed by atoms with Crippen LogP contribution >= 0.6 is 0 Å². The quantitative estimate of drug-likeness (QED) is 0.662. The van der Waals surface area contributed by atoms with Crippen LogP contribution in [0.1, 0.15) is 36.8 Å². The standard InChI is InChI=1S/C23H30N2O4S/c1-29-22-11-5-9-21(15-22)16-24-23(26)13-12-19-10-6-14-25(17-19)30(27,28)18-20-7-3-2-4-8-20/h2-5,7-9,11,15,19H,6,10,12-14,16-18H2,1H3,(H,24,26). The van der Waals surface area contributed by atoms with Gasteiger partial charge < -0.3 is 10.1 Å². The molecule has 1 fully saturated rings. The van der Waals surface area contributed by atoms with Gasteiger partial charge in [0.2, 0.25) is 15.9 Å². The summed E-state index contributed by atoms with van der Waals surface area (Å²) in [6, 6.07) is 16.9. The van der Waals surface area contributed by atoms with E-state index in [1.807, 2.05) is 54.6 Å². The number of ether oxygens (including phenoxy) is 1. The number of amides is 1. The maximum absolute atomic E-state index is 12.8. The predicted octanol–water partition coefficient (Wildman–Crippen LogP) is 3.33. The minimum atomic E-state index is -3.34. The number of nitrogens with one attached hydrogen (secondary N) is 1. The Bertz CT molecular complexity index is 931. The van der Waals surface area contributed by atoms with E-state index in [0.29, 0.717) is 32.5 Å². The second-order valence-electron chi connectivity index (χ2n) is 7.78. The van der Waals surface area contributed by atoms with Crippen molar-refractivity contribution in [1.29, 1.82) is 0 Å². The zero-order chi connectivity index (χ0) is 21.4. The molecule has 2 aromatic rings. The zero-order valence-corrected chi connectivity index (χ0v) is 18.2. The van der Waals surface area contributed by atoms with E-state index in [9.17, 15) is 13.2 Å². The van der Waals surface area contributed by atoms with Gasteiger partial charge in [0.05, 0.1) is 12.9 Å². The lowest BCUT2D eigenvalue weighted by Crippen LogP contribution is -2.40. The van der Waals surface area contributed by atoms with Gasteiger partial charge in [0.25, 0.3) is 0 Å². The van der Waals surface area contributed by atoms with Crippen LogP contribution in [0.2, 0.25) is 0 Å². The van der Waals surface area contributed by atoms with Gasteiger partial charge in [0.1, 0.15) is 5.75 Å². The molecule has 0 aromatic heterocycles. The molecular weight excluding hydrogens is 400 g/mol. The van der Waals surface area contributed by atoms with Gasteiger partial charge in [0.15, 0.2) is 0 Å². The van der Waals surface area contributed by atoms with E-state index in [0.717, 1.165) is 29.7 Å². The zero-order valence-electron chi connectivity index (χ0n) is 17.4. The molecule has 162 valence electrons. The lowest BCUT2D eigenvalue weighted by atomic mass is 9.94. The highest BCUT2D eigenvalue weighted by molar-refractivity contribution is 7.88. The molecule has 3 rings (SSSR count). The third-order valence-corrected chi connectivity index (χ3v) is 7.29. The van der Waals surface area contributed by atoms with E-state index in [4.69, 9.17) is 4.74 Å². The van der Waals surface area contributed by atoms with Gasteiger partial charge in [-0.2, -0.15) is 0 Å². The summed E-state index contributed by atoms with van der Waals surface area (Å²) in [4.78, 5) is 12.3. The van der Waals surface area contributed by atoms with Crippen molar-refractivity contribution >= 4 is 15.9 Å². The van der Waals surface area contributed by atoms with Crippen LogP contribution in [-0.2, 0) is 27.1 Å². The first kappa shape index (κ1) is 22.3. The summed E-state index contributed by atoms with van der Waals surface area (Å²) in [6.45, 7) is 1.52. The Morgan fingerprint density at radius 1 is 1.13 bits per heavy atom. The maximum atomic E-state index is 12.8. The lowest BCUT2D eigenvalue weighted by Gasteiger charge is -2.32. The first-order valence-corrected chi connectivity index (χ1v) is 12.0. The topological polar surface area (TPSA) is 75.7 Å². The Hall–Kier alpha value is -2.38. The van der Waals surface area contributed by atoms with Crippen LogP contribution in [0.4, 0.5) is 0 Å². The lowest BCUT2D eigenvalue weighted by molar-refractivity contribution is -0.121. The Balaban J connectivity index is 1.45. The first-order valence-electron chi connectivity index (χ1n) is 10.4. The van der Waals surface area contributed by atoms with Crippen LogP contribution in [-0.4, -0.2) is 38.8 Å². The van der Waals surface area contributed by atoms with Crippen molar-refractivity contribution in [1.82, 2.24) is 9.62 Å². The number of sulfonamides is 1. The molecule has 1 N–H and O–H groups in total. The summed E-state index contributed by atoms with van der Waals surface area (Å²) < 4.78 is 32.4. The summed E-state index contributed by atoms with van der Waals surface area (Å²) in [7, 11) is -1.72. The molecule has 0 saturated carbocycles. The highest BCUT2D eigenvalue weighted by Gasteiger charge is 2.29. The van der Waals surface area contributed by atoms with Crippen molar-refractivity contribution in [3.05, 3.63) is 65.7 Å². The number of benzene rings is 2. The highest BCUT2D eigenvalue weighted by atomic mass is 32.2. The van der Waals surface area contributed by atoms with Crippen molar-refractivity contribution in [2.45, 2.75) is 38.0 Å². The largest absolute Gasteiger partial charge is 0.497 e. The number of rotatable bonds is 9. The Labute approximate surface area is 179 Å². The predicted molar refractivity (Wildman–Crippen MR) is 117 cm³/mol. The molecule has 30 heavy (non-hydrogen) atoms. The SMILES string of the molecule is COc1cccc(CNC(=O)CCC2CCCN(S(=O)(=O)Cc3ccccc3)C2)c1. The minimum Gasteiger partial charge on any atom is -0.497 e. The third-order valence-electron chi connectivity index (χ3n) is 5.47. The molecule has 0 aliphatic carbocycles. The highest BCUT2D eigenvalue weighted by Crippen LogP contribution is 2.24. The van der Waals surface area contributed by atoms with Crippen molar-refractivity contribution < 1.29 is 17.9 Å². The molecule has 1 aliphatic heterocycles. The van der Waals surface area contributed by atoms with Crippen LogP contribution in [0.25, 0.3) is 0 Å². The van der Waals surface area contributed by atoms with Crippen LogP contribution in [0.15, 0.2) is 54.6 Å². The van der Waals surface area contributed by atoms with Gasteiger partial charge in [-0.3, -0.25) is 4.79 Å². The average Bonchev–Trinajstić information content (AvgIpc) is 2.77. The number of carbonyl (C=O) groups is 1. The summed E-state index contributed by atoms with van der Waals surface area (Å²) in [5, 5.41) is 2.94. The normalized spacial score (nSPS) is 17.4. The smallest absolute Gasteiger partial charge is 0.220 e. The van der Waals surface area contributed by atoms with Gasteiger partial charge >= 0.3 is 0 Å². The van der Waals surface area contributed by atoms with E-state index < -0.39 is 10.0 Å². The van der Waals surface area contributed by atoms with E-state index in [1.54, 1.807) is 11.4 Å². The number of piperidine rings is 1. The minimum absolute atomic E-state index is 0.0120. The molecule has 6 nitrogen and oxygen atoms in total.